The molecule has 0 aromatic heterocycles. The number of nitrogens with one attached hydrogen (secondary N) is 1. The molecule has 2 rings (SSSR count). The van der Waals surface area contributed by atoms with Crippen molar-refractivity contribution in [3.05, 3.63) is 41.7 Å². The topological polar surface area (TPSA) is 55.8 Å². The lowest BCUT2D eigenvalue weighted by atomic mass is 10.0. The minimum atomic E-state index is -0.336. The van der Waals surface area contributed by atoms with Gasteiger partial charge in [0.05, 0.1) is 12.1 Å². The van der Waals surface area contributed by atoms with E-state index in [4.69, 9.17) is 0 Å². The van der Waals surface area contributed by atoms with Gasteiger partial charge < -0.3 is 20.2 Å². The van der Waals surface area contributed by atoms with Gasteiger partial charge >= 0.3 is 6.03 Å². The maximum absolute atomic E-state index is 13.8. The number of aliphatic hydroxyl groups excluding tert-OH is 1. The molecule has 1 saturated heterocycles. The Hall–Kier alpha value is -2.08. The van der Waals surface area contributed by atoms with Crippen LogP contribution in [0.4, 0.5) is 14.9 Å². The molecule has 0 aliphatic carbocycles. The largest absolute Gasteiger partial charge is 0.393 e. The van der Waals surface area contributed by atoms with Gasteiger partial charge in [0.1, 0.15) is 5.82 Å². The molecule has 2 N–H and O–H groups in total. The van der Waals surface area contributed by atoms with Gasteiger partial charge in [0.2, 0.25) is 0 Å². The summed E-state index contributed by atoms with van der Waals surface area (Å²) in [6.45, 7) is 9.43. The van der Waals surface area contributed by atoms with Crippen LogP contribution in [0, 0.1) is 5.82 Å². The van der Waals surface area contributed by atoms with Crippen molar-refractivity contribution >= 4 is 11.7 Å². The second kappa shape index (κ2) is 8.34. The first-order valence-corrected chi connectivity index (χ1v) is 8.66. The van der Waals surface area contributed by atoms with E-state index < -0.39 is 0 Å². The number of benzene rings is 1. The summed E-state index contributed by atoms with van der Waals surface area (Å²) in [7, 11) is 1.70. The molecule has 2 amide bonds. The SMILES string of the molecule is C=C(C)CN(C)C(=O)NC(C)c1cc(F)ccc1N1CCC(O)CC1. The number of amides is 2. The van der Waals surface area contributed by atoms with Crippen molar-refractivity contribution < 1.29 is 14.3 Å². The molecular formula is C19H28FN3O2. The van der Waals surface area contributed by atoms with E-state index in [-0.39, 0.29) is 24.0 Å². The second-order valence-corrected chi connectivity index (χ2v) is 6.91. The number of hydrogen-bond donors (Lipinski definition) is 2. The van der Waals surface area contributed by atoms with Crippen LogP contribution < -0.4 is 10.2 Å². The van der Waals surface area contributed by atoms with Crippen LogP contribution in [0.15, 0.2) is 30.4 Å². The molecule has 0 saturated carbocycles. The highest BCUT2D eigenvalue weighted by atomic mass is 19.1. The molecule has 1 fully saturated rings. The number of halogens is 1. The molecular weight excluding hydrogens is 321 g/mol. The Balaban J connectivity index is 2.15. The van der Waals surface area contributed by atoms with Crippen LogP contribution in [0.5, 0.6) is 0 Å². The molecule has 138 valence electrons. The Kier molecular flexibility index (Phi) is 6.42. The van der Waals surface area contributed by atoms with Gasteiger partial charge in [0, 0.05) is 37.9 Å². The summed E-state index contributed by atoms with van der Waals surface area (Å²) in [6, 6.07) is 4.11. The summed E-state index contributed by atoms with van der Waals surface area (Å²) < 4.78 is 13.8. The number of carbonyl (C=O) groups is 1. The van der Waals surface area contributed by atoms with Crippen LogP contribution in [0.3, 0.4) is 0 Å². The quantitative estimate of drug-likeness (QED) is 0.804. The average Bonchev–Trinajstić information content (AvgIpc) is 2.55. The van der Waals surface area contributed by atoms with Gasteiger partial charge in [-0.05, 0) is 44.9 Å². The molecule has 1 atom stereocenters. The molecule has 1 unspecified atom stereocenters. The van der Waals surface area contributed by atoms with Gasteiger partial charge in [0.25, 0.3) is 0 Å². The Morgan fingerprint density at radius 3 is 2.72 bits per heavy atom. The molecule has 1 aromatic rings. The van der Waals surface area contributed by atoms with E-state index in [1.165, 1.54) is 12.1 Å². The highest BCUT2D eigenvalue weighted by molar-refractivity contribution is 5.75. The first kappa shape index (κ1) is 19.2. The van der Waals surface area contributed by atoms with E-state index in [1.54, 1.807) is 18.0 Å². The fourth-order valence-corrected chi connectivity index (χ4v) is 3.12. The summed E-state index contributed by atoms with van der Waals surface area (Å²) in [6.07, 6.45) is 1.12. The van der Waals surface area contributed by atoms with Gasteiger partial charge in [-0.25, -0.2) is 9.18 Å². The van der Waals surface area contributed by atoms with Crippen molar-refractivity contribution in [2.24, 2.45) is 0 Å². The monoisotopic (exact) mass is 349 g/mol. The number of likely N-dealkylation sites (N-methyl/N-ethyl adjacent to an activating group) is 1. The maximum atomic E-state index is 13.8. The molecule has 1 aliphatic heterocycles. The fourth-order valence-electron chi connectivity index (χ4n) is 3.12. The summed E-state index contributed by atoms with van der Waals surface area (Å²) in [5.41, 5.74) is 2.54. The smallest absolute Gasteiger partial charge is 0.317 e. The highest BCUT2D eigenvalue weighted by Gasteiger charge is 2.23. The Bertz CT molecular complexity index is 627. The van der Waals surface area contributed by atoms with Crippen molar-refractivity contribution in [2.45, 2.75) is 38.8 Å². The van der Waals surface area contributed by atoms with Crippen molar-refractivity contribution in [2.75, 3.05) is 31.6 Å². The second-order valence-electron chi connectivity index (χ2n) is 6.91. The van der Waals surface area contributed by atoms with E-state index in [2.05, 4.69) is 16.8 Å². The van der Waals surface area contributed by atoms with Crippen molar-refractivity contribution in [3.63, 3.8) is 0 Å². The van der Waals surface area contributed by atoms with Gasteiger partial charge in [-0.2, -0.15) is 0 Å². The van der Waals surface area contributed by atoms with Crippen LogP contribution in [-0.2, 0) is 0 Å². The Morgan fingerprint density at radius 2 is 2.12 bits per heavy atom. The third-order valence-electron chi connectivity index (χ3n) is 4.46. The number of piperidine rings is 1. The summed E-state index contributed by atoms with van der Waals surface area (Å²) in [4.78, 5) is 16.0. The molecule has 1 heterocycles. The van der Waals surface area contributed by atoms with Crippen LogP contribution in [0.25, 0.3) is 0 Å². The van der Waals surface area contributed by atoms with E-state index in [0.29, 0.717) is 19.4 Å². The van der Waals surface area contributed by atoms with Crippen molar-refractivity contribution in [1.82, 2.24) is 10.2 Å². The molecule has 0 bridgehead atoms. The molecule has 5 nitrogen and oxygen atoms in total. The summed E-state index contributed by atoms with van der Waals surface area (Å²) in [5, 5.41) is 12.6. The molecule has 25 heavy (non-hydrogen) atoms. The zero-order valence-corrected chi connectivity index (χ0v) is 15.3. The van der Waals surface area contributed by atoms with E-state index in [9.17, 15) is 14.3 Å². The van der Waals surface area contributed by atoms with Crippen LogP contribution >= 0.6 is 0 Å². The molecule has 6 heteroatoms. The normalized spacial score (nSPS) is 16.4. The van der Waals surface area contributed by atoms with Gasteiger partial charge in [-0.1, -0.05) is 12.2 Å². The highest BCUT2D eigenvalue weighted by Crippen LogP contribution is 2.29. The maximum Gasteiger partial charge on any atom is 0.317 e. The van der Waals surface area contributed by atoms with E-state index in [1.807, 2.05) is 13.8 Å². The summed E-state index contributed by atoms with van der Waals surface area (Å²) >= 11 is 0. The first-order valence-electron chi connectivity index (χ1n) is 8.66. The van der Waals surface area contributed by atoms with Crippen molar-refractivity contribution in [3.8, 4) is 0 Å². The first-order chi connectivity index (χ1) is 11.8. The van der Waals surface area contributed by atoms with Gasteiger partial charge in [-0.15, -0.1) is 0 Å². The molecule has 0 spiro atoms. The number of aliphatic hydroxyl groups is 1. The van der Waals surface area contributed by atoms with E-state index in [0.717, 1.165) is 29.9 Å². The van der Waals surface area contributed by atoms with E-state index >= 15 is 0 Å². The zero-order valence-electron chi connectivity index (χ0n) is 15.3. The third-order valence-corrected chi connectivity index (χ3v) is 4.46. The number of rotatable bonds is 5. The molecule has 1 aromatic carbocycles. The lowest BCUT2D eigenvalue weighted by Gasteiger charge is -2.34. The fraction of sp³-hybridized carbons (Fsp3) is 0.526. The predicted octanol–water partition coefficient (Wildman–Crippen LogP) is 3.07. The predicted molar refractivity (Wildman–Crippen MR) is 98.2 cm³/mol. The average molecular weight is 349 g/mol. The Morgan fingerprint density at radius 1 is 1.48 bits per heavy atom. The minimum absolute atomic E-state index is 0.222. The van der Waals surface area contributed by atoms with Crippen LogP contribution in [-0.4, -0.2) is 48.8 Å². The van der Waals surface area contributed by atoms with Crippen LogP contribution in [0.1, 0.15) is 38.3 Å². The third kappa shape index (κ3) is 5.19. The minimum Gasteiger partial charge on any atom is -0.393 e. The molecule has 1 aliphatic rings. The number of hydrogen-bond acceptors (Lipinski definition) is 3. The number of nitrogens with zero attached hydrogens (tertiary/aromatic N) is 2. The van der Waals surface area contributed by atoms with Crippen LogP contribution in [0.2, 0.25) is 0 Å². The number of anilines is 1. The lowest BCUT2D eigenvalue weighted by molar-refractivity contribution is 0.145. The lowest BCUT2D eigenvalue weighted by Crippen LogP contribution is -2.40. The molecule has 0 radical (unpaired) electrons. The standard InChI is InChI=1S/C19H28FN3O2/c1-13(2)12-22(4)19(25)21-14(3)17-11-15(20)5-6-18(17)23-9-7-16(24)8-10-23/h5-6,11,14,16,24H,1,7-10,12H2,2-4H3,(H,21,25). The zero-order chi connectivity index (χ0) is 18.6. The number of urea groups is 1. The van der Waals surface area contributed by atoms with Gasteiger partial charge in [-0.3, -0.25) is 0 Å². The Labute approximate surface area is 149 Å². The summed E-state index contributed by atoms with van der Waals surface area (Å²) in [5.74, 6) is -0.327. The van der Waals surface area contributed by atoms with Gasteiger partial charge in [0.15, 0.2) is 0 Å². The van der Waals surface area contributed by atoms with Crippen molar-refractivity contribution in [1.29, 1.82) is 0 Å². The number of carbonyl (C=O) groups excluding carboxylic acids is 1.